The quantitative estimate of drug-likeness (QED) is 0.663. The number of rotatable bonds is 3. The fourth-order valence-electron chi connectivity index (χ4n) is 1.31. The van der Waals surface area contributed by atoms with Crippen LogP contribution in [0.5, 0.6) is 0 Å². The Kier molecular flexibility index (Phi) is 3.02. The monoisotopic (exact) mass is 182 g/mol. The SMILES string of the molecule is C#CC(O)S1(CCC)C=CC=C1. The number of allylic oxidation sites excluding steroid dienone is 2. The van der Waals surface area contributed by atoms with E-state index in [1.807, 2.05) is 12.2 Å². The Bertz CT molecular complexity index is 235. The van der Waals surface area contributed by atoms with Gasteiger partial charge in [-0.2, -0.15) is 10.0 Å². The molecular formula is C10H14OS. The summed E-state index contributed by atoms with van der Waals surface area (Å²) < 4.78 is 0. The first kappa shape index (κ1) is 9.44. The number of hydrogen-bond donors (Lipinski definition) is 1. The van der Waals surface area contributed by atoms with E-state index in [0.29, 0.717) is 0 Å². The zero-order valence-corrected chi connectivity index (χ0v) is 8.05. The maximum atomic E-state index is 9.64. The highest BCUT2D eigenvalue weighted by Crippen LogP contribution is 2.57. The van der Waals surface area contributed by atoms with E-state index < -0.39 is 15.5 Å². The Morgan fingerprint density at radius 3 is 2.50 bits per heavy atom. The number of terminal acetylenes is 1. The average Bonchev–Trinajstić information content (AvgIpc) is 2.53. The first-order valence-electron chi connectivity index (χ1n) is 4.04. The van der Waals surface area contributed by atoms with Crippen LogP contribution >= 0.6 is 10.0 Å². The van der Waals surface area contributed by atoms with Crippen molar-refractivity contribution in [2.45, 2.75) is 18.8 Å². The highest BCUT2D eigenvalue weighted by molar-refractivity contribution is 8.39. The van der Waals surface area contributed by atoms with Crippen LogP contribution in [-0.4, -0.2) is 16.3 Å². The van der Waals surface area contributed by atoms with Gasteiger partial charge < -0.3 is 5.11 Å². The molecule has 0 radical (unpaired) electrons. The molecule has 0 bridgehead atoms. The standard InChI is InChI=1S/C10H14OS/c1-3-7-12(10(11)4-2)8-5-6-9-12/h2,5-6,8-11H,3,7H2,1H3. The minimum absolute atomic E-state index is 0.604. The summed E-state index contributed by atoms with van der Waals surface area (Å²) in [4.78, 5) is 0. The fourth-order valence-corrected chi connectivity index (χ4v) is 3.92. The van der Waals surface area contributed by atoms with E-state index in [-0.39, 0.29) is 0 Å². The zero-order valence-electron chi connectivity index (χ0n) is 7.23. The van der Waals surface area contributed by atoms with Crippen LogP contribution in [-0.2, 0) is 0 Å². The minimum atomic E-state index is -1.18. The molecule has 0 amide bonds. The molecule has 1 N–H and O–H groups in total. The van der Waals surface area contributed by atoms with Crippen LogP contribution < -0.4 is 0 Å². The van der Waals surface area contributed by atoms with Crippen molar-refractivity contribution < 1.29 is 5.11 Å². The molecular weight excluding hydrogens is 168 g/mol. The van der Waals surface area contributed by atoms with E-state index in [0.717, 1.165) is 12.2 Å². The van der Waals surface area contributed by atoms with Crippen molar-refractivity contribution in [3.63, 3.8) is 0 Å². The molecule has 1 atom stereocenters. The molecule has 1 unspecified atom stereocenters. The molecule has 0 saturated carbocycles. The van der Waals surface area contributed by atoms with Gasteiger partial charge in [0, 0.05) is 0 Å². The molecule has 1 aliphatic heterocycles. The van der Waals surface area contributed by atoms with Crippen molar-refractivity contribution in [3.8, 4) is 12.3 Å². The summed E-state index contributed by atoms with van der Waals surface area (Å²) in [6, 6.07) is 0. The van der Waals surface area contributed by atoms with Crippen molar-refractivity contribution >= 4 is 10.0 Å². The second-order valence-corrected chi connectivity index (χ2v) is 6.00. The van der Waals surface area contributed by atoms with Crippen LogP contribution in [0.3, 0.4) is 0 Å². The minimum Gasteiger partial charge on any atom is -0.372 e. The normalized spacial score (nSPS) is 23.4. The molecule has 0 aromatic carbocycles. The molecule has 0 aliphatic carbocycles. The molecule has 66 valence electrons. The second-order valence-electron chi connectivity index (χ2n) is 2.79. The van der Waals surface area contributed by atoms with Gasteiger partial charge in [0.15, 0.2) is 5.44 Å². The Balaban J connectivity index is 2.81. The molecule has 0 spiro atoms. The van der Waals surface area contributed by atoms with E-state index in [2.05, 4.69) is 23.7 Å². The van der Waals surface area contributed by atoms with E-state index in [1.165, 1.54) is 0 Å². The van der Waals surface area contributed by atoms with Crippen molar-refractivity contribution in [1.29, 1.82) is 0 Å². The Morgan fingerprint density at radius 1 is 1.50 bits per heavy atom. The number of hydrogen-bond acceptors (Lipinski definition) is 1. The predicted octanol–water partition coefficient (Wildman–Crippen LogP) is 2.19. The molecule has 1 nitrogen and oxygen atoms in total. The van der Waals surface area contributed by atoms with Crippen molar-refractivity contribution in [3.05, 3.63) is 23.0 Å². The third-order valence-electron chi connectivity index (χ3n) is 1.89. The molecule has 0 aromatic rings. The van der Waals surface area contributed by atoms with Crippen LogP contribution in [0.25, 0.3) is 0 Å². The Labute approximate surface area is 75.5 Å². The van der Waals surface area contributed by atoms with E-state index in [1.54, 1.807) is 0 Å². The summed E-state index contributed by atoms with van der Waals surface area (Å²) in [5.74, 6) is 3.41. The van der Waals surface area contributed by atoms with Crippen LogP contribution in [0.15, 0.2) is 23.0 Å². The van der Waals surface area contributed by atoms with E-state index in [9.17, 15) is 5.11 Å². The van der Waals surface area contributed by atoms with Crippen LogP contribution in [0.2, 0.25) is 0 Å². The summed E-state index contributed by atoms with van der Waals surface area (Å²) in [5, 5.41) is 13.8. The Morgan fingerprint density at radius 2 is 2.08 bits per heavy atom. The van der Waals surface area contributed by atoms with Gasteiger partial charge in [0.1, 0.15) is 0 Å². The Hall–Kier alpha value is -0.650. The summed E-state index contributed by atoms with van der Waals surface area (Å²) in [5.41, 5.74) is -0.604. The fraction of sp³-hybridized carbons (Fsp3) is 0.400. The van der Waals surface area contributed by atoms with Gasteiger partial charge >= 0.3 is 0 Å². The van der Waals surface area contributed by atoms with Crippen molar-refractivity contribution in [1.82, 2.24) is 0 Å². The largest absolute Gasteiger partial charge is 0.372 e. The molecule has 1 aliphatic rings. The van der Waals surface area contributed by atoms with Crippen LogP contribution in [0, 0.1) is 12.3 Å². The topological polar surface area (TPSA) is 20.2 Å². The first-order chi connectivity index (χ1) is 5.75. The maximum Gasteiger partial charge on any atom is 0.152 e. The van der Waals surface area contributed by atoms with Crippen molar-refractivity contribution in [2.24, 2.45) is 0 Å². The molecule has 1 rings (SSSR count). The van der Waals surface area contributed by atoms with E-state index in [4.69, 9.17) is 6.42 Å². The first-order valence-corrected chi connectivity index (χ1v) is 6.03. The molecule has 0 saturated heterocycles. The summed E-state index contributed by atoms with van der Waals surface area (Å²) in [7, 11) is -1.18. The molecule has 2 heteroatoms. The van der Waals surface area contributed by atoms with Gasteiger partial charge in [0.2, 0.25) is 0 Å². The van der Waals surface area contributed by atoms with E-state index >= 15 is 0 Å². The van der Waals surface area contributed by atoms with Gasteiger partial charge in [0.25, 0.3) is 0 Å². The summed E-state index contributed by atoms with van der Waals surface area (Å²) >= 11 is 0. The lowest BCUT2D eigenvalue weighted by Gasteiger charge is -2.33. The zero-order chi connectivity index (χ0) is 9.03. The predicted molar refractivity (Wildman–Crippen MR) is 55.9 cm³/mol. The number of aliphatic hydroxyl groups excluding tert-OH is 1. The molecule has 1 heterocycles. The average molecular weight is 182 g/mol. The molecule has 0 aromatic heterocycles. The smallest absolute Gasteiger partial charge is 0.152 e. The highest BCUT2D eigenvalue weighted by Gasteiger charge is 2.26. The molecule has 0 fully saturated rings. The maximum absolute atomic E-state index is 9.64. The third kappa shape index (κ3) is 1.57. The molecule has 12 heavy (non-hydrogen) atoms. The van der Waals surface area contributed by atoms with Gasteiger partial charge in [-0.15, -0.1) is 6.42 Å². The van der Waals surface area contributed by atoms with Gasteiger partial charge in [-0.25, -0.2) is 0 Å². The van der Waals surface area contributed by atoms with Gasteiger partial charge in [-0.1, -0.05) is 25.0 Å². The third-order valence-corrected chi connectivity index (χ3v) is 5.30. The van der Waals surface area contributed by atoms with Crippen molar-refractivity contribution in [2.75, 3.05) is 5.75 Å². The second kappa shape index (κ2) is 3.84. The lowest BCUT2D eigenvalue weighted by Crippen LogP contribution is -2.13. The summed E-state index contributed by atoms with van der Waals surface area (Å²) in [6.07, 6.45) is 10.2. The highest BCUT2D eigenvalue weighted by atomic mass is 32.3. The summed E-state index contributed by atoms with van der Waals surface area (Å²) in [6.45, 7) is 2.11. The van der Waals surface area contributed by atoms with Gasteiger partial charge in [-0.05, 0) is 23.0 Å². The van der Waals surface area contributed by atoms with Crippen LogP contribution in [0.4, 0.5) is 0 Å². The van der Waals surface area contributed by atoms with Crippen LogP contribution in [0.1, 0.15) is 13.3 Å². The van der Waals surface area contributed by atoms with Gasteiger partial charge in [0.05, 0.1) is 0 Å². The van der Waals surface area contributed by atoms with Gasteiger partial charge in [-0.3, -0.25) is 0 Å². The number of aliphatic hydroxyl groups is 1. The lowest BCUT2D eigenvalue weighted by atomic mass is 10.6. The lowest BCUT2D eigenvalue weighted by molar-refractivity contribution is 0.315.